The molecule has 1 aliphatic rings. The molecule has 1 N–H and O–H groups in total. The number of benzene rings is 2. The summed E-state index contributed by atoms with van der Waals surface area (Å²) >= 11 is 0. The summed E-state index contributed by atoms with van der Waals surface area (Å²) in [4.78, 5) is 27.9. The number of amides is 3. The fourth-order valence-electron chi connectivity index (χ4n) is 2.95. The normalized spacial score (nSPS) is 14.2. The van der Waals surface area contributed by atoms with Crippen LogP contribution in [0.5, 0.6) is 0 Å². The van der Waals surface area contributed by atoms with Gasteiger partial charge in [-0.1, -0.05) is 32.0 Å². The third kappa shape index (κ3) is 4.02. The molecule has 0 unspecified atom stereocenters. The number of nitrogens with zero attached hydrogens (tertiary/aromatic N) is 2. The van der Waals surface area contributed by atoms with E-state index in [1.165, 1.54) is 28.7 Å². The van der Waals surface area contributed by atoms with Crippen molar-refractivity contribution < 1.29 is 14.0 Å². The van der Waals surface area contributed by atoms with E-state index in [9.17, 15) is 14.0 Å². The van der Waals surface area contributed by atoms with Gasteiger partial charge in [-0.05, 0) is 41.8 Å². The first kappa shape index (κ1) is 17.9. The average Bonchev–Trinajstić information content (AvgIpc) is 2.95. The highest BCUT2D eigenvalue weighted by molar-refractivity contribution is 5.99. The Morgan fingerprint density at radius 1 is 1.15 bits per heavy atom. The molecule has 0 atom stereocenters. The van der Waals surface area contributed by atoms with Crippen LogP contribution in [-0.2, 0) is 4.79 Å². The number of urea groups is 1. The molecule has 1 fully saturated rings. The number of carbonyl (C=O) groups excluding carboxylic acids is 2. The SMILES string of the molecule is CC(C)c1ccc(N2CCN(CC(=O)Nc3cccc(F)c3)C2=O)cc1. The Morgan fingerprint density at radius 2 is 1.88 bits per heavy atom. The van der Waals surface area contributed by atoms with Crippen molar-refractivity contribution in [3.8, 4) is 0 Å². The van der Waals surface area contributed by atoms with Crippen molar-refractivity contribution in [3.63, 3.8) is 0 Å². The number of halogens is 1. The lowest BCUT2D eigenvalue weighted by atomic mass is 10.0. The highest BCUT2D eigenvalue weighted by atomic mass is 19.1. The van der Waals surface area contributed by atoms with Crippen LogP contribution in [0.15, 0.2) is 48.5 Å². The molecule has 2 aromatic carbocycles. The lowest BCUT2D eigenvalue weighted by molar-refractivity contribution is -0.116. The van der Waals surface area contributed by atoms with E-state index < -0.39 is 5.82 Å². The lowest BCUT2D eigenvalue weighted by Gasteiger charge is -2.19. The summed E-state index contributed by atoms with van der Waals surface area (Å²) in [5.74, 6) is -0.335. The van der Waals surface area contributed by atoms with Gasteiger partial charge in [0.1, 0.15) is 12.4 Å². The van der Waals surface area contributed by atoms with E-state index in [4.69, 9.17) is 0 Å². The molecule has 136 valence electrons. The van der Waals surface area contributed by atoms with Crippen LogP contribution in [-0.4, -0.2) is 36.5 Å². The fourth-order valence-corrected chi connectivity index (χ4v) is 2.95. The van der Waals surface area contributed by atoms with E-state index in [0.29, 0.717) is 24.7 Å². The molecular formula is C20H22FN3O2. The van der Waals surface area contributed by atoms with Crippen LogP contribution in [0, 0.1) is 5.82 Å². The highest BCUT2D eigenvalue weighted by Crippen LogP contribution is 2.23. The first-order valence-corrected chi connectivity index (χ1v) is 8.66. The molecule has 0 radical (unpaired) electrons. The van der Waals surface area contributed by atoms with Gasteiger partial charge in [0.2, 0.25) is 5.91 Å². The smallest absolute Gasteiger partial charge is 0.324 e. The van der Waals surface area contributed by atoms with Gasteiger partial charge in [-0.3, -0.25) is 9.69 Å². The maximum atomic E-state index is 13.2. The van der Waals surface area contributed by atoms with E-state index in [1.807, 2.05) is 24.3 Å². The van der Waals surface area contributed by atoms with E-state index in [-0.39, 0.29) is 18.5 Å². The second kappa shape index (κ2) is 7.56. The predicted octanol–water partition coefficient (Wildman–Crippen LogP) is 3.83. The van der Waals surface area contributed by atoms with Crippen LogP contribution in [0.3, 0.4) is 0 Å². The van der Waals surface area contributed by atoms with Gasteiger partial charge >= 0.3 is 6.03 Å². The van der Waals surface area contributed by atoms with Crippen LogP contribution >= 0.6 is 0 Å². The number of hydrogen-bond donors (Lipinski definition) is 1. The standard InChI is InChI=1S/C20H22FN3O2/c1-14(2)15-6-8-18(9-7-15)24-11-10-23(20(24)26)13-19(25)22-17-5-3-4-16(21)12-17/h3-9,12,14H,10-11,13H2,1-2H3,(H,22,25). The molecule has 0 bridgehead atoms. The average molecular weight is 355 g/mol. The molecule has 1 heterocycles. The quantitative estimate of drug-likeness (QED) is 0.886. The molecule has 5 nitrogen and oxygen atoms in total. The summed E-state index contributed by atoms with van der Waals surface area (Å²) in [7, 11) is 0. The monoisotopic (exact) mass is 355 g/mol. The molecule has 6 heteroatoms. The lowest BCUT2D eigenvalue weighted by Crippen LogP contribution is -2.37. The third-order valence-electron chi connectivity index (χ3n) is 4.41. The Morgan fingerprint density at radius 3 is 2.54 bits per heavy atom. The summed E-state index contributed by atoms with van der Waals surface area (Å²) < 4.78 is 13.2. The van der Waals surface area contributed by atoms with Crippen molar-refractivity contribution in [1.82, 2.24) is 4.90 Å². The van der Waals surface area contributed by atoms with Gasteiger partial charge in [0.25, 0.3) is 0 Å². The van der Waals surface area contributed by atoms with Crippen LogP contribution in [0.1, 0.15) is 25.3 Å². The Bertz CT molecular complexity index is 805. The Balaban J connectivity index is 1.61. The van der Waals surface area contributed by atoms with Crippen molar-refractivity contribution in [3.05, 3.63) is 59.9 Å². The summed E-state index contributed by atoms with van der Waals surface area (Å²) in [6, 6.07) is 13.4. The van der Waals surface area contributed by atoms with Crippen molar-refractivity contribution in [2.75, 3.05) is 29.9 Å². The van der Waals surface area contributed by atoms with Gasteiger partial charge in [-0.2, -0.15) is 0 Å². The third-order valence-corrected chi connectivity index (χ3v) is 4.41. The highest BCUT2D eigenvalue weighted by Gasteiger charge is 2.30. The van der Waals surface area contributed by atoms with Crippen molar-refractivity contribution in [1.29, 1.82) is 0 Å². The van der Waals surface area contributed by atoms with E-state index in [0.717, 1.165) is 5.69 Å². The second-order valence-corrected chi connectivity index (χ2v) is 6.66. The first-order valence-electron chi connectivity index (χ1n) is 8.66. The number of carbonyl (C=O) groups is 2. The Kier molecular flexibility index (Phi) is 5.21. The van der Waals surface area contributed by atoms with Gasteiger partial charge in [0.15, 0.2) is 0 Å². The molecule has 26 heavy (non-hydrogen) atoms. The van der Waals surface area contributed by atoms with E-state index in [2.05, 4.69) is 19.2 Å². The zero-order valence-corrected chi connectivity index (χ0v) is 14.9. The molecule has 1 aliphatic heterocycles. The summed E-state index contributed by atoms with van der Waals surface area (Å²) in [5, 5.41) is 2.61. The van der Waals surface area contributed by atoms with Crippen molar-refractivity contribution >= 4 is 23.3 Å². The summed E-state index contributed by atoms with van der Waals surface area (Å²) in [6.07, 6.45) is 0. The van der Waals surface area contributed by atoms with Crippen LogP contribution in [0.4, 0.5) is 20.6 Å². The van der Waals surface area contributed by atoms with Crippen LogP contribution in [0.2, 0.25) is 0 Å². The molecule has 3 amide bonds. The molecule has 0 spiro atoms. The number of rotatable bonds is 5. The van der Waals surface area contributed by atoms with Gasteiger partial charge in [0.05, 0.1) is 0 Å². The topological polar surface area (TPSA) is 52.6 Å². The number of anilines is 2. The van der Waals surface area contributed by atoms with E-state index >= 15 is 0 Å². The van der Waals surface area contributed by atoms with E-state index in [1.54, 1.807) is 11.0 Å². The second-order valence-electron chi connectivity index (χ2n) is 6.66. The minimum absolute atomic E-state index is 0.0596. The summed E-state index contributed by atoms with van der Waals surface area (Å²) in [5.41, 5.74) is 2.42. The van der Waals surface area contributed by atoms with Crippen molar-refractivity contribution in [2.45, 2.75) is 19.8 Å². The summed E-state index contributed by atoms with van der Waals surface area (Å²) in [6.45, 7) is 5.19. The van der Waals surface area contributed by atoms with Crippen LogP contribution in [0.25, 0.3) is 0 Å². The molecule has 0 aliphatic carbocycles. The minimum atomic E-state index is -0.420. The number of nitrogens with one attached hydrogen (secondary N) is 1. The van der Waals surface area contributed by atoms with Gasteiger partial charge in [-0.25, -0.2) is 9.18 Å². The van der Waals surface area contributed by atoms with Gasteiger partial charge in [0, 0.05) is 24.5 Å². The molecule has 2 aromatic rings. The minimum Gasteiger partial charge on any atom is -0.324 e. The fraction of sp³-hybridized carbons (Fsp3) is 0.300. The molecule has 3 rings (SSSR count). The zero-order chi connectivity index (χ0) is 18.7. The Labute approximate surface area is 152 Å². The zero-order valence-electron chi connectivity index (χ0n) is 14.9. The predicted molar refractivity (Wildman–Crippen MR) is 99.9 cm³/mol. The Hall–Kier alpha value is -2.89. The first-order chi connectivity index (χ1) is 12.4. The molecule has 0 aromatic heterocycles. The molecule has 0 saturated carbocycles. The number of hydrogen-bond acceptors (Lipinski definition) is 2. The maximum absolute atomic E-state index is 13.2. The molecule has 1 saturated heterocycles. The molecular weight excluding hydrogens is 333 g/mol. The van der Waals surface area contributed by atoms with Crippen molar-refractivity contribution in [2.24, 2.45) is 0 Å². The van der Waals surface area contributed by atoms with Gasteiger partial charge in [-0.15, -0.1) is 0 Å². The van der Waals surface area contributed by atoms with Crippen LogP contribution < -0.4 is 10.2 Å². The largest absolute Gasteiger partial charge is 0.325 e. The maximum Gasteiger partial charge on any atom is 0.325 e. The van der Waals surface area contributed by atoms with Gasteiger partial charge < -0.3 is 10.2 Å².